The Morgan fingerprint density at radius 1 is 0.739 bits per heavy atom. The fraction of sp³-hybridized carbons (Fsp3) is 0.100. The minimum absolute atomic E-state index is 0.261. The second kappa shape index (κ2) is 6.21. The summed E-state index contributed by atoms with van der Waals surface area (Å²) in [5.41, 5.74) is 4.27. The zero-order valence-electron chi connectivity index (χ0n) is 12.9. The number of benzene rings is 3. The molecule has 0 atom stereocenters. The zero-order valence-corrected chi connectivity index (χ0v) is 12.9. The van der Waals surface area contributed by atoms with Crippen LogP contribution < -0.4 is 4.74 Å². The highest BCUT2D eigenvalue weighted by molar-refractivity contribution is 5.74. The van der Waals surface area contributed by atoms with Gasteiger partial charge in [-0.3, -0.25) is 0 Å². The van der Waals surface area contributed by atoms with Gasteiger partial charge < -0.3 is 4.74 Å². The SMILES string of the molecule is COc1ccc(-c2ccc(-c3ccc(F)cc3)c(C)c2)c(F)c1. The summed E-state index contributed by atoms with van der Waals surface area (Å²) < 4.78 is 32.3. The van der Waals surface area contributed by atoms with Gasteiger partial charge in [0, 0.05) is 11.6 Å². The van der Waals surface area contributed by atoms with Crippen molar-refractivity contribution in [2.45, 2.75) is 6.92 Å². The molecular formula is C20H16F2O. The fourth-order valence-corrected chi connectivity index (χ4v) is 2.64. The first kappa shape index (κ1) is 15.2. The standard InChI is InChI=1S/C20H16F2O/c1-13-11-15(19-10-8-17(23-2)12-20(19)22)5-9-18(13)14-3-6-16(21)7-4-14/h3-12H,1-2H3. The Morgan fingerprint density at radius 2 is 1.39 bits per heavy atom. The van der Waals surface area contributed by atoms with E-state index >= 15 is 0 Å². The second-order valence-corrected chi connectivity index (χ2v) is 5.38. The van der Waals surface area contributed by atoms with Crippen molar-refractivity contribution in [2.75, 3.05) is 7.11 Å². The van der Waals surface area contributed by atoms with Crippen LogP contribution in [0.1, 0.15) is 5.56 Å². The van der Waals surface area contributed by atoms with E-state index < -0.39 is 0 Å². The number of aryl methyl sites for hydroxylation is 1. The molecule has 116 valence electrons. The van der Waals surface area contributed by atoms with E-state index in [4.69, 9.17) is 4.74 Å². The molecule has 0 unspecified atom stereocenters. The predicted molar refractivity (Wildman–Crippen MR) is 88.5 cm³/mol. The van der Waals surface area contributed by atoms with Crippen molar-refractivity contribution < 1.29 is 13.5 Å². The summed E-state index contributed by atoms with van der Waals surface area (Å²) in [6, 6.07) is 16.9. The molecule has 0 radical (unpaired) electrons. The summed E-state index contributed by atoms with van der Waals surface area (Å²) in [4.78, 5) is 0. The average molecular weight is 310 g/mol. The summed E-state index contributed by atoms with van der Waals surface area (Å²) in [5.74, 6) is -0.0903. The summed E-state index contributed by atoms with van der Waals surface area (Å²) >= 11 is 0. The van der Waals surface area contributed by atoms with E-state index in [1.165, 1.54) is 25.3 Å². The maximum Gasteiger partial charge on any atom is 0.134 e. The lowest BCUT2D eigenvalue weighted by atomic mass is 9.95. The number of rotatable bonds is 3. The van der Waals surface area contributed by atoms with E-state index in [-0.39, 0.29) is 11.6 Å². The summed E-state index contributed by atoms with van der Waals surface area (Å²) in [6.45, 7) is 1.96. The minimum Gasteiger partial charge on any atom is -0.497 e. The quantitative estimate of drug-likeness (QED) is 0.610. The highest BCUT2D eigenvalue weighted by Gasteiger charge is 2.09. The van der Waals surface area contributed by atoms with Crippen LogP contribution in [0.2, 0.25) is 0 Å². The largest absolute Gasteiger partial charge is 0.497 e. The molecule has 3 heteroatoms. The Morgan fingerprint density at radius 3 is 2.00 bits per heavy atom. The molecule has 0 saturated carbocycles. The maximum absolute atomic E-state index is 14.2. The van der Waals surface area contributed by atoms with Gasteiger partial charge in [0.15, 0.2) is 0 Å². The molecule has 0 aromatic heterocycles. The lowest BCUT2D eigenvalue weighted by molar-refractivity contribution is 0.411. The molecule has 0 aliphatic carbocycles. The van der Waals surface area contributed by atoms with Crippen LogP contribution in [0.15, 0.2) is 60.7 Å². The van der Waals surface area contributed by atoms with Crippen molar-refractivity contribution in [3.63, 3.8) is 0 Å². The highest BCUT2D eigenvalue weighted by Crippen LogP contribution is 2.31. The van der Waals surface area contributed by atoms with E-state index in [9.17, 15) is 8.78 Å². The molecule has 3 aromatic carbocycles. The van der Waals surface area contributed by atoms with Gasteiger partial charge >= 0.3 is 0 Å². The molecule has 0 aliphatic heterocycles. The molecular weight excluding hydrogens is 294 g/mol. The third-order valence-corrected chi connectivity index (χ3v) is 3.87. The van der Waals surface area contributed by atoms with Gasteiger partial charge in [0.1, 0.15) is 17.4 Å². The predicted octanol–water partition coefficient (Wildman–Crippen LogP) is 5.62. The molecule has 23 heavy (non-hydrogen) atoms. The van der Waals surface area contributed by atoms with Crippen LogP contribution in [0, 0.1) is 18.6 Å². The Bertz CT molecular complexity index is 839. The van der Waals surface area contributed by atoms with Crippen LogP contribution in [0.3, 0.4) is 0 Å². The van der Waals surface area contributed by atoms with Crippen molar-refractivity contribution in [2.24, 2.45) is 0 Å². The van der Waals surface area contributed by atoms with Crippen molar-refractivity contribution in [3.05, 3.63) is 77.9 Å². The minimum atomic E-state index is -0.321. The molecule has 1 nitrogen and oxygen atoms in total. The van der Waals surface area contributed by atoms with Crippen molar-refractivity contribution in [1.29, 1.82) is 0 Å². The van der Waals surface area contributed by atoms with E-state index in [1.54, 1.807) is 24.3 Å². The summed E-state index contributed by atoms with van der Waals surface area (Å²) in [7, 11) is 1.51. The molecule has 3 aromatic rings. The van der Waals surface area contributed by atoms with E-state index in [1.807, 2.05) is 25.1 Å². The third-order valence-electron chi connectivity index (χ3n) is 3.87. The Labute approximate surface area is 134 Å². The third kappa shape index (κ3) is 3.09. The molecule has 0 fully saturated rings. The molecule has 0 saturated heterocycles. The number of hydrogen-bond donors (Lipinski definition) is 0. The molecule has 3 rings (SSSR count). The first-order valence-electron chi connectivity index (χ1n) is 7.29. The molecule has 0 heterocycles. The lowest BCUT2D eigenvalue weighted by Gasteiger charge is -2.11. The van der Waals surface area contributed by atoms with Crippen LogP contribution >= 0.6 is 0 Å². The van der Waals surface area contributed by atoms with Gasteiger partial charge in [0.2, 0.25) is 0 Å². The van der Waals surface area contributed by atoms with Crippen LogP contribution in [-0.2, 0) is 0 Å². The van der Waals surface area contributed by atoms with Gasteiger partial charge in [-0.25, -0.2) is 8.78 Å². The number of halogens is 2. The van der Waals surface area contributed by atoms with Gasteiger partial charge in [0.05, 0.1) is 7.11 Å². The first-order chi connectivity index (χ1) is 11.1. The van der Waals surface area contributed by atoms with E-state index in [0.29, 0.717) is 11.3 Å². The van der Waals surface area contributed by atoms with Crippen molar-refractivity contribution in [3.8, 4) is 28.0 Å². The monoisotopic (exact) mass is 310 g/mol. The Hall–Kier alpha value is -2.68. The lowest BCUT2D eigenvalue weighted by Crippen LogP contribution is -1.90. The number of methoxy groups -OCH3 is 1. The van der Waals surface area contributed by atoms with Gasteiger partial charge in [-0.05, 0) is 53.4 Å². The topological polar surface area (TPSA) is 9.23 Å². The number of hydrogen-bond acceptors (Lipinski definition) is 1. The van der Waals surface area contributed by atoms with Crippen LogP contribution in [0.4, 0.5) is 8.78 Å². The Kier molecular flexibility index (Phi) is 4.11. The smallest absolute Gasteiger partial charge is 0.134 e. The molecule has 0 amide bonds. The zero-order chi connectivity index (χ0) is 16.4. The van der Waals surface area contributed by atoms with Gasteiger partial charge in [-0.1, -0.05) is 30.3 Å². The summed E-state index contributed by atoms with van der Waals surface area (Å²) in [5, 5.41) is 0. The fourth-order valence-electron chi connectivity index (χ4n) is 2.64. The molecule has 0 bridgehead atoms. The van der Waals surface area contributed by atoms with Crippen LogP contribution in [0.5, 0.6) is 5.75 Å². The van der Waals surface area contributed by atoms with E-state index in [2.05, 4.69) is 0 Å². The van der Waals surface area contributed by atoms with Crippen molar-refractivity contribution >= 4 is 0 Å². The van der Waals surface area contributed by atoms with Gasteiger partial charge in [0.25, 0.3) is 0 Å². The molecule has 0 aliphatic rings. The molecule has 0 spiro atoms. The maximum atomic E-state index is 14.2. The van der Waals surface area contributed by atoms with Gasteiger partial charge in [-0.15, -0.1) is 0 Å². The first-order valence-corrected chi connectivity index (χ1v) is 7.29. The van der Waals surface area contributed by atoms with Crippen LogP contribution in [0.25, 0.3) is 22.3 Å². The van der Waals surface area contributed by atoms with E-state index in [0.717, 1.165) is 22.3 Å². The Balaban J connectivity index is 2.00. The number of ether oxygens (including phenoxy) is 1. The average Bonchev–Trinajstić information content (AvgIpc) is 2.55. The van der Waals surface area contributed by atoms with Crippen LogP contribution in [-0.4, -0.2) is 7.11 Å². The van der Waals surface area contributed by atoms with Crippen molar-refractivity contribution in [1.82, 2.24) is 0 Å². The summed E-state index contributed by atoms with van der Waals surface area (Å²) in [6.07, 6.45) is 0. The normalized spacial score (nSPS) is 10.6. The van der Waals surface area contributed by atoms with Gasteiger partial charge in [-0.2, -0.15) is 0 Å². The molecule has 0 N–H and O–H groups in total. The second-order valence-electron chi connectivity index (χ2n) is 5.38. The highest BCUT2D eigenvalue weighted by atomic mass is 19.1.